The van der Waals surface area contributed by atoms with E-state index < -0.39 is 60.7 Å². The molecule has 206 valence electrons. The summed E-state index contributed by atoms with van der Waals surface area (Å²) in [4.78, 5) is 67.9. The number of hydrogen-bond acceptors (Lipinski definition) is 7. The van der Waals surface area contributed by atoms with E-state index in [0.29, 0.717) is 12.0 Å². The Balaban J connectivity index is 2.16. The van der Waals surface area contributed by atoms with E-state index in [2.05, 4.69) is 25.9 Å². The number of carboxylic acids is 1. The number of nitrogens with two attached hydrogens (primary N) is 4. The number of aliphatic carboxylic acids is 1. The Morgan fingerprint density at radius 2 is 1.66 bits per heavy atom. The van der Waals surface area contributed by atoms with Crippen LogP contribution in [-0.2, 0) is 30.4 Å². The van der Waals surface area contributed by atoms with Gasteiger partial charge in [0, 0.05) is 30.1 Å². The van der Waals surface area contributed by atoms with Gasteiger partial charge in [-0.15, -0.1) is 0 Å². The van der Waals surface area contributed by atoms with Gasteiger partial charge in [0.05, 0.1) is 12.5 Å². The molecule has 38 heavy (non-hydrogen) atoms. The number of guanidine groups is 1. The summed E-state index contributed by atoms with van der Waals surface area (Å²) in [5.41, 5.74) is 23.1. The molecule has 1 aromatic heterocycles. The number of fused-ring (bicyclic) bond motifs is 1. The fraction of sp³-hybridized carbons (Fsp3) is 0.391. The second kappa shape index (κ2) is 14.2. The van der Waals surface area contributed by atoms with Crippen molar-refractivity contribution in [3.8, 4) is 0 Å². The van der Waals surface area contributed by atoms with E-state index in [9.17, 15) is 24.0 Å². The zero-order chi connectivity index (χ0) is 28.2. The molecule has 0 aliphatic heterocycles. The van der Waals surface area contributed by atoms with E-state index in [-0.39, 0.29) is 25.3 Å². The third-order valence-corrected chi connectivity index (χ3v) is 5.49. The van der Waals surface area contributed by atoms with Gasteiger partial charge in [0.2, 0.25) is 23.6 Å². The summed E-state index contributed by atoms with van der Waals surface area (Å²) in [5, 5.41) is 16.8. The Bertz CT molecular complexity index is 1190. The van der Waals surface area contributed by atoms with Gasteiger partial charge in [-0.2, -0.15) is 0 Å². The molecule has 2 rings (SSSR count). The van der Waals surface area contributed by atoms with Gasteiger partial charge in [-0.3, -0.25) is 29.0 Å². The molecule has 0 spiro atoms. The lowest BCUT2D eigenvalue weighted by Gasteiger charge is -2.23. The molecule has 1 aromatic carbocycles. The number of carboxylic acid groups (broad SMARTS) is 1. The third kappa shape index (κ3) is 9.42. The molecule has 0 saturated heterocycles. The maximum absolute atomic E-state index is 13.1. The van der Waals surface area contributed by atoms with Crippen molar-refractivity contribution in [3.63, 3.8) is 0 Å². The summed E-state index contributed by atoms with van der Waals surface area (Å²) in [6.45, 7) is -0.426. The van der Waals surface area contributed by atoms with Crippen molar-refractivity contribution in [2.24, 2.45) is 27.9 Å². The van der Waals surface area contributed by atoms with Crippen molar-refractivity contribution < 1.29 is 29.1 Å². The number of aromatic amines is 1. The fourth-order valence-corrected chi connectivity index (χ4v) is 3.63. The third-order valence-electron chi connectivity index (χ3n) is 5.49. The number of hydrogen-bond donors (Lipinski definition) is 9. The van der Waals surface area contributed by atoms with E-state index in [1.54, 1.807) is 12.3 Å². The van der Waals surface area contributed by atoms with E-state index in [1.165, 1.54) is 0 Å². The summed E-state index contributed by atoms with van der Waals surface area (Å²) in [6.07, 6.45) is 1.67. The molecule has 0 fully saturated rings. The fourth-order valence-electron chi connectivity index (χ4n) is 3.63. The van der Waals surface area contributed by atoms with Crippen LogP contribution < -0.4 is 38.9 Å². The minimum Gasteiger partial charge on any atom is -0.480 e. The summed E-state index contributed by atoms with van der Waals surface area (Å²) < 4.78 is 0. The van der Waals surface area contributed by atoms with Gasteiger partial charge in [0.25, 0.3) is 0 Å². The molecular formula is C23H33N9O6. The van der Waals surface area contributed by atoms with Gasteiger partial charge in [-0.1, -0.05) is 18.2 Å². The van der Waals surface area contributed by atoms with Crippen molar-refractivity contribution in [2.45, 2.75) is 43.8 Å². The van der Waals surface area contributed by atoms with Crippen molar-refractivity contribution in [2.75, 3.05) is 13.1 Å². The molecule has 3 atom stereocenters. The molecular weight excluding hydrogens is 498 g/mol. The zero-order valence-corrected chi connectivity index (χ0v) is 20.6. The zero-order valence-electron chi connectivity index (χ0n) is 20.6. The van der Waals surface area contributed by atoms with Crippen LogP contribution in [0.1, 0.15) is 24.8 Å². The summed E-state index contributed by atoms with van der Waals surface area (Å²) >= 11 is 0. The highest BCUT2D eigenvalue weighted by Crippen LogP contribution is 2.19. The number of carbonyl (C=O) groups excluding carboxylic acids is 4. The summed E-state index contributed by atoms with van der Waals surface area (Å²) in [5.74, 6) is -4.62. The number of carbonyl (C=O) groups is 5. The first-order valence-corrected chi connectivity index (χ1v) is 11.7. The molecule has 15 nitrogen and oxygen atoms in total. The van der Waals surface area contributed by atoms with Gasteiger partial charge in [-0.25, -0.2) is 0 Å². The average Bonchev–Trinajstić information content (AvgIpc) is 3.26. The number of nitrogens with one attached hydrogen (secondary N) is 4. The van der Waals surface area contributed by atoms with Crippen molar-refractivity contribution in [1.82, 2.24) is 20.9 Å². The maximum Gasteiger partial charge on any atom is 0.322 e. The van der Waals surface area contributed by atoms with Crippen molar-refractivity contribution in [1.29, 1.82) is 0 Å². The second-order valence-electron chi connectivity index (χ2n) is 8.52. The molecule has 15 heteroatoms. The largest absolute Gasteiger partial charge is 0.480 e. The predicted molar refractivity (Wildman–Crippen MR) is 138 cm³/mol. The minimum atomic E-state index is -1.43. The Labute approximate surface area is 217 Å². The van der Waals surface area contributed by atoms with Gasteiger partial charge in [0.1, 0.15) is 18.6 Å². The molecule has 0 radical (unpaired) electrons. The van der Waals surface area contributed by atoms with E-state index in [4.69, 9.17) is 28.0 Å². The van der Waals surface area contributed by atoms with E-state index >= 15 is 0 Å². The number of rotatable bonds is 15. The first-order valence-electron chi connectivity index (χ1n) is 11.7. The lowest BCUT2D eigenvalue weighted by atomic mass is 10.0. The Hall–Kier alpha value is -4.66. The molecule has 13 N–H and O–H groups in total. The molecule has 3 unspecified atom stereocenters. The highest BCUT2D eigenvalue weighted by molar-refractivity contribution is 5.96. The van der Waals surface area contributed by atoms with Gasteiger partial charge in [-0.05, 0) is 24.5 Å². The standard InChI is InChI=1S/C23H33N9O6/c24-14(5-3-7-28-23(26)27)20(36)31-17(9-18(25)33)22(38)32-16(21(37)30-11-19(34)35)8-12-10-29-15-6-2-1-4-13(12)15/h1-2,4,6,10,14,16-17,29H,3,5,7-9,11,24H2,(H2,25,33)(H,30,37)(H,31,36)(H,32,38)(H,34,35)(H4,26,27,28). The first-order chi connectivity index (χ1) is 18.0. The van der Waals surface area contributed by atoms with Gasteiger partial charge >= 0.3 is 5.97 Å². The lowest BCUT2D eigenvalue weighted by Crippen LogP contribution is -2.57. The summed E-state index contributed by atoms with van der Waals surface area (Å²) in [7, 11) is 0. The minimum absolute atomic E-state index is 0.0112. The normalized spacial score (nSPS) is 13.1. The van der Waals surface area contributed by atoms with Crippen LogP contribution in [0.5, 0.6) is 0 Å². The summed E-state index contributed by atoms with van der Waals surface area (Å²) in [6, 6.07) is 3.58. The van der Waals surface area contributed by atoms with E-state index in [0.717, 1.165) is 10.9 Å². The second-order valence-corrected chi connectivity index (χ2v) is 8.52. The monoisotopic (exact) mass is 531 g/mol. The molecule has 2 aromatic rings. The van der Waals surface area contributed by atoms with Crippen LogP contribution in [0.25, 0.3) is 10.9 Å². The maximum atomic E-state index is 13.1. The highest BCUT2D eigenvalue weighted by Gasteiger charge is 2.30. The van der Waals surface area contributed by atoms with Crippen LogP contribution in [0.3, 0.4) is 0 Å². The molecule has 0 aliphatic rings. The number of primary amides is 1. The quantitative estimate of drug-likeness (QED) is 0.0648. The molecule has 0 aliphatic carbocycles. The number of benzene rings is 1. The van der Waals surface area contributed by atoms with Crippen LogP contribution in [0, 0.1) is 0 Å². The van der Waals surface area contributed by atoms with E-state index in [1.807, 2.05) is 18.2 Å². The number of aromatic nitrogens is 1. The number of nitrogens with zero attached hydrogens (tertiary/aromatic N) is 1. The Morgan fingerprint density at radius 3 is 2.32 bits per heavy atom. The molecule has 0 bridgehead atoms. The topological polar surface area (TPSA) is 274 Å². The van der Waals surface area contributed by atoms with Crippen molar-refractivity contribution in [3.05, 3.63) is 36.0 Å². The SMILES string of the molecule is NC(=O)CC(NC(=O)C(N)CCCN=C(N)N)C(=O)NC(Cc1c[nH]c2ccccc12)C(=O)NCC(=O)O. The number of H-pyrrole nitrogens is 1. The number of aliphatic imine (C=N–C) groups is 1. The van der Waals surface area contributed by atoms with Crippen LogP contribution in [0.4, 0.5) is 0 Å². The Morgan fingerprint density at radius 1 is 0.974 bits per heavy atom. The highest BCUT2D eigenvalue weighted by atomic mass is 16.4. The van der Waals surface area contributed by atoms with Crippen LogP contribution in [0.15, 0.2) is 35.5 Å². The van der Waals surface area contributed by atoms with Crippen molar-refractivity contribution >= 4 is 46.5 Å². The molecule has 1 heterocycles. The first kappa shape index (κ1) is 29.6. The van der Waals surface area contributed by atoms with Crippen LogP contribution in [0.2, 0.25) is 0 Å². The Kier molecular flexibility index (Phi) is 11.0. The smallest absolute Gasteiger partial charge is 0.322 e. The number of amides is 4. The predicted octanol–water partition coefficient (Wildman–Crippen LogP) is -2.86. The average molecular weight is 532 g/mol. The molecule has 4 amide bonds. The van der Waals surface area contributed by atoms with Crippen LogP contribution in [-0.4, -0.2) is 76.9 Å². The number of para-hydroxylation sites is 1. The van der Waals surface area contributed by atoms with Gasteiger partial charge < -0.3 is 49.0 Å². The van der Waals surface area contributed by atoms with Gasteiger partial charge in [0.15, 0.2) is 5.96 Å². The lowest BCUT2D eigenvalue weighted by molar-refractivity contribution is -0.138. The molecule has 0 saturated carbocycles. The van der Waals surface area contributed by atoms with Crippen LogP contribution >= 0.6 is 0 Å².